The molecule has 0 saturated heterocycles. The summed E-state index contributed by atoms with van der Waals surface area (Å²) in [6, 6.07) is 8.04. The number of halogens is 1. The summed E-state index contributed by atoms with van der Waals surface area (Å²) < 4.78 is 0. The van der Waals surface area contributed by atoms with E-state index < -0.39 is 0 Å². The SMILES string of the molecule is NC1CCC(NC(=O)c2cnc(Cl)c3ccccc23)CC1. The molecule has 1 aromatic carbocycles. The fraction of sp³-hybridized carbons (Fsp3) is 0.375. The Morgan fingerprint density at radius 1 is 1.19 bits per heavy atom. The van der Waals surface area contributed by atoms with Gasteiger partial charge in [-0.3, -0.25) is 4.79 Å². The summed E-state index contributed by atoms with van der Waals surface area (Å²) in [5.74, 6) is -0.0872. The number of aromatic nitrogens is 1. The lowest BCUT2D eigenvalue weighted by atomic mass is 9.91. The monoisotopic (exact) mass is 303 g/mol. The normalized spacial score (nSPS) is 22.2. The second-order valence-electron chi connectivity index (χ2n) is 5.59. The van der Waals surface area contributed by atoms with Gasteiger partial charge in [0.1, 0.15) is 5.15 Å². The molecule has 1 amide bonds. The number of hydrogen-bond donors (Lipinski definition) is 2. The topological polar surface area (TPSA) is 68.0 Å². The van der Waals surface area contributed by atoms with E-state index in [2.05, 4.69) is 10.3 Å². The lowest BCUT2D eigenvalue weighted by molar-refractivity contribution is 0.0927. The van der Waals surface area contributed by atoms with Crippen molar-refractivity contribution < 1.29 is 4.79 Å². The van der Waals surface area contributed by atoms with Gasteiger partial charge in [-0.25, -0.2) is 4.98 Å². The van der Waals surface area contributed by atoms with E-state index in [4.69, 9.17) is 17.3 Å². The van der Waals surface area contributed by atoms with Crippen molar-refractivity contribution in [3.8, 4) is 0 Å². The molecule has 4 nitrogen and oxygen atoms in total. The Bertz CT molecular complexity index is 666. The van der Waals surface area contributed by atoms with Crippen molar-refractivity contribution in [2.45, 2.75) is 37.8 Å². The van der Waals surface area contributed by atoms with Crippen LogP contribution in [0.5, 0.6) is 0 Å². The van der Waals surface area contributed by atoms with Gasteiger partial charge in [-0.15, -0.1) is 0 Å². The molecule has 3 N–H and O–H groups in total. The number of pyridine rings is 1. The fourth-order valence-corrected chi connectivity index (χ4v) is 3.08. The third-order valence-electron chi connectivity index (χ3n) is 4.10. The van der Waals surface area contributed by atoms with Crippen molar-refractivity contribution in [3.05, 3.63) is 41.2 Å². The Labute approximate surface area is 128 Å². The van der Waals surface area contributed by atoms with Crippen molar-refractivity contribution >= 4 is 28.3 Å². The van der Waals surface area contributed by atoms with E-state index in [9.17, 15) is 4.79 Å². The van der Waals surface area contributed by atoms with E-state index >= 15 is 0 Å². The van der Waals surface area contributed by atoms with Crippen LogP contribution in [-0.2, 0) is 0 Å². The number of carbonyl (C=O) groups excluding carboxylic acids is 1. The van der Waals surface area contributed by atoms with Crippen LogP contribution >= 0.6 is 11.6 Å². The average molecular weight is 304 g/mol. The molecule has 0 bridgehead atoms. The summed E-state index contributed by atoms with van der Waals surface area (Å²) in [6.45, 7) is 0. The van der Waals surface area contributed by atoms with E-state index in [1.165, 1.54) is 0 Å². The van der Waals surface area contributed by atoms with Crippen LogP contribution in [0.25, 0.3) is 10.8 Å². The molecule has 110 valence electrons. The average Bonchev–Trinajstić information content (AvgIpc) is 2.50. The first kappa shape index (κ1) is 14.3. The number of benzene rings is 1. The molecule has 1 fully saturated rings. The van der Waals surface area contributed by atoms with Crippen LogP contribution < -0.4 is 11.1 Å². The number of nitrogens with one attached hydrogen (secondary N) is 1. The number of nitrogens with two attached hydrogens (primary N) is 1. The molecule has 1 saturated carbocycles. The minimum atomic E-state index is -0.0872. The molecular weight excluding hydrogens is 286 g/mol. The third-order valence-corrected chi connectivity index (χ3v) is 4.40. The standard InChI is InChI=1S/C16H18ClN3O/c17-15-13-4-2-1-3-12(13)14(9-19-15)16(21)20-11-7-5-10(18)6-8-11/h1-4,9-11H,5-8,18H2,(H,20,21). The Morgan fingerprint density at radius 3 is 2.57 bits per heavy atom. The molecule has 2 aromatic rings. The van der Waals surface area contributed by atoms with Crippen molar-refractivity contribution in [1.82, 2.24) is 10.3 Å². The highest BCUT2D eigenvalue weighted by Gasteiger charge is 2.21. The number of rotatable bonds is 2. The number of nitrogens with zero attached hydrogens (tertiary/aromatic N) is 1. The lowest BCUT2D eigenvalue weighted by Crippen LogP contribution is -2.40. The maximum atomic E-state index is 12.5. The van der Waals surface area contributed by atoms with Crippen LogP contribution in [0, 0.1) is 0 Å². The molecule has 21 heavy (non-hydrogen) atoms. The zero-order valence-electron chi connectivity index (χ0n) is 11.7. The van der Waals surface area contributed by atoms with Gasteiger partial charge in [0.05, 0.1) is 5.56 Å². The third kappa shape index (κ3) is 3.01. The number of amides is 1. The summed E-state index contributed by atoms with van der Waals surface area (Å²) in [4.78, 5) is 16.6. The first-order valence-electron chi connectivity index (χ1n) is 7.25. The molecule has 1 aromatic heterocycles. The maximum absolute atomic E-state index is 12.5. The van der Waals surface area contributed by atoms with Gasteiger partial charge < -0.3 is 11.1 Å². The van der Waals surface area contributed by atoms with E-state index in [1.807, 2.05) is 24.3 Å². The summed E-state index contributed by atoms with van der Waals surface area (Å²) in [6.07, 6.45) is 5.35. The molecule has 0 spiro atoms. The van der Waals surface area contributed by atoms with Crippen LogP contribution in [0.3, 0.4) is 0 Å². The summed E-state index contributed by atoms with van der Waals surface area (Å²) in [5, 5.41) is 5.15. The van der Waals surface area contributed by atoms with Gasteiger partial charge in [-0.1, -0.05) is 35.9 Å². The van der Waals surface area contributed by atoms with E-state index in [0.29, 0.717) is 10.7 Å². The Kier molecular flexibility index (Phi) is 4.08. The molecule has 5 heteroatoms. The minimum absolute atomic E-state index is 0.0872. The van der Waals surface area contributed by atoms with E-state index in [-0.39, 0.29) is 18.0 Å². The second-order valence-corrected chi connectivity index (χ2v) is 5.95. The number of hydrogen-bond acceptors (Lipinski definition) is 3. The second kappa shape index (κ2) is 6.00. The Hall–Kier alpha value is -1.65. The van der Waals surface area contributed by atoms with Crippen LogP contribution in [0.4, 0.5) is 0 Å². The van der Waals surface area contributed by atoms with Gasteiger partial charge in [0.15, 0.2) is 0 Å². The van der Waals surface area contributed by atoms with Crippen LogP contribution in [0.15, 0.2) is 30.5 Å². The molecule has 1 aliphatic carbocycles. The first-order chi connectivity index (χ1) is 10.1. The Balaban J connectivity index is 1.83. The zero-order valence-corrected chi connectivity index (χ0v) is 12.4. The smallest absolute Gasteiger partial charge is 0.253 e. The molecule has 0 atom stereocenters. The molecule has 0 radical (unpaired) electrons. The number of carbonyl (C=O) groups is 1. The molecule has 0 unspecified atom stereocenters. The van der Waals surface area contributed by atoms with Gasteiger partial charge in [-0.2, -0.15) is 0 Å². The first-order valence-corrected chi connectivity index (χ1v) is 7.62. The molecule has 0 aliphatic heterocycles. The molecular formula is C16H18ClN3O. The summed E-state index contributed by atoms with van der Waals surface area (Å²) in [5.41, 5.74) is 6.47. The van der Waals surface area contributed by atoms with Crippen molar-refractivity contribution in [1.29, 1.82) is 0 Å². The van der Waals surface area contributed by atoms with Gasteiger partial charge in [0.2, 0.25) is 0 Å². The van der Waals surface area contributed by atoms with Gasteiger partial charge >= 0.3 is 0 Å². The minimum Gasteiger partial charge on any atom is -0.349 e. The highest BCUT2D eigenvalue weighted by atomic mass is 35.5. The summed E-state index contributed by atoms with van der Waals surface area (Å²) in [7, 11) is 0. The quantitative estimate of drug-likeness (QED) is 0.838. The summed E-state index contributed by atoms with van der Waals surface area (Å²) >= 11 is 6.08. The van der Waals surface area contributed by atoms with Crippen molar-refractivity contribution in [2.24, 2.45) is 5.73 Å². The Morgan fingerprint density at radius 2 is 1.86 bits per heavy atom. The van der Waals surface area contributed by atoms with Crippen molar-refractivity contribution in [3.63, 3.8) is 0 Å². The predicted molar refractivity (Wildman–Crippen MR) is 84.5 cm³/mol. The van der Waals surface area contributed by atoms with Crippen molar-refractivity contribution in [2.75, 3.05) is 0 Å². The highest BCUT2D eigenvalue weighted by Crippen LogP contribution is 2.25. The van der Waals surface area contributed by atoms with Crippen LogP contribution in [0.2, 0.25) is 5.15 Å². The zero-order chi connectivity index (χ0) is 14.8. The number of fused-ring (bicyclic) bond motifs is 1. The highest BCUT2D eigenvalue weighted by molar-refractivity contribution is 6.34. The fourth-order valence-electron chi connectivity index (χ4n) is 2.87. The molecule has 1 aliphatic rings. The largest absolute Gasteiger partial charge is 0.349 e. The van der Waals surface area contributed by atoms with Crippen LogP contribution in [0.1, 0.15) is 36.0 Å². The lowest BCUT2D eigenvalue weighted by Gasteiger charge is -2.26. The molecule has 1 heterocycles. The van der Waals surface area contributed by atoms with Gasteiger partial charge in [0.25, 0.3) is 5.91 Å². The van der Waals surface area contributed by atoms with Crippen LogP contribution in [-0.4, -0.2) is 23.0 Å². The van der Waals surface area contributed by atoms with E-state index in [0.717, 1.165) is 36.5 Å². The van der Waals surface area contributed by atoms with E-state index in [1.54, 1.807) is 6.20 Å². The molecule has 3 rings (SSSR count). The maximum Gasteiger partial charge on any atom is 0.253 e. The van der Waals surface area contributed by atoms with Gasteiger partial charge in [0, 0.05) is 23.7 Å². The predicted octanol–water partition coefficient (Wildman–Crippen LogP) is 2.89. The van der Waals surface area contributed by atoms with Gasteiger partial charge in [-0.05, 0) is 31.1 Å².